The fraction of sp³-hybridized carbons (Fsp3) is 0.286. The largest absolute Gasteiger partial charge is 0.465 e. The Labute approximate surface area is 225 Å². The molecule has 5 rings (SSSR count). The number of ether oxygens (including phenoxy) is 1. The van der Waals surface area contributed by atoms with Gasteiger partial charge in [0.15, 0.2) is 0 Å². The normalized spacial score (nSPS) is 14.0. The minimum atomic E-state index is -0.519. The van der Waals surface area contributed by atoms with Crippen LogP contribution < -0.4 is 11.1 Å². The van der Waals surface area contributed by atoms with E-state index in [1.54, 1.807) is 30.5 Å². The first-order chi connectivity index (χ1) is 18.9. The fourth-order valence-corrected chi connectivity index (χ4v) is 4.84. The molecule has 200 valence electrons. The summed E-state index contributed by atoms with van der Waals surface area (Å²) in [6.07, 6.45) is 7.17. The van der Waals surface area contributed by atoms with Gasteiger partial charge < -0.3 is 20.7 Å². The van der Waals surface area contributed by atoms with Crippen LogP contribution in [0.4, 0.5) is 11.6 Å². The molecule has 4 aromatic rings. The van der Waals surface area contributed by atoms with E-state index in [4.69, 9.17) is 15.5 Å². The number of amides is 2. The molecule has 2 amide bonds. The van der Waals surface area contributed by atoms with Gasteiger partial charge in [-0.3, -0.25) is 14.0 Å². The van der Waals surface area contributed by atoms with Crippen molar-refractivity contribution >= 4 is 34.9 Å². The van der Waals surface area contributed by atoms with Crippen molar-refractivity contribution in [2.45, 2.75) is 32.1 Å². The minimum absolute atomic E-state index is 0.0217. The van der Waals surface area contributed by atoms with Gasteiger partial charge in [-0.05, 0) is 37.1 Å². The highest BCUT2D eigenvalue weighted by Gasteiger charge is 2.27. The number of nitrogens with one attached hydrogen (secondary N) is 1. The predicted molar refractivity (Wildman–Crippen MR) is 145 cm³/mol. The summed E-state index contributed by atoms with van der Waals surface area (Å²) in [7, 11) is 1.29. The van der Waals surface area contributed by atoms with E-state index < -0.39 is 5.97 Å². The fourth-order valence-electron chi connectivity index (χ4n) is 4.84. The summed E-state index contributed by atoms with van der Waals surface area (Å²) < 4.78 is 6.67. The molecular formula is C28H29N7O4. The maximum Gasteiger partial charge on any atom is 0.338 e. The van der Waals surface area contributed by atoms with Gasteiger partial charge in [-0.1, -0.05) is 19.1 Å². The molecule has 0 spiro atoms. The number of nitrogens with two attached hydrogens (primary N) is 1. The molecule has 0 aliphatic carbocycles. The predicted octanol–water partition coefficient (Wildman–Crippen LogP) is 3.53. The molecule has 1 atom stereocenters. The Kier molecular flexibility index (Phi) is 7.22. The summed E-state index contributed by atoms with van der Waals surface area (Å²) in [5.74, 6) is 0.693. The molecule has 11 heteroatoms. The smallest absolute Gasteiger partial charge is 0.338 e. The summed E-state index contributed by atoms with van der Waals surface area (Å²) >= 11 is 0. The molecule has 1 aromatic carbocycles. The van der Waals surface area contributed by atoms with E-state index >= 15 is 0 Å². The first-order valence-corrected chi connectivity index (χ1v) is 12.8. The number of fused-ring (bicyclic) bond motifs is 1. The zero-order valence-electron chi connectivity index (χ0n) is 21.8. The zero-order valence-corrected chi connectivity index (χ0v) is 21.8. The number of carbonyl (C=O) groups excluding carboxylic acids is 3. The van der Waals surface area contributed by atoms with Gasteiger partial charge in [0.05, 0.1) is 12.7 Å². The molecule has 39 heavy (non-hydrogen) atoms. The summed E-state index contributed by atoms with van der Waals surface area (Å²) in [6.45, 7) is 3.45. The molecule has 1 unspecified atom stereocenters. The Morgan fingerprint density at radius 1 is 1.13 bits per heavy atom. The standard InChI is InChI=1S/C28H29N7O4/c1-3-17(16-34-13-4-5-22(34)36)26-33-23(24-25(29)31-12-14-35(24)26)18-6-8-19(9-7-18)27(37)32-21-15-20(10-11-30-21)28(38)39-2/h6-12,14-15,17H,3-5,13,16H2,1-2H3,(H2,29,31)(H,30,32,37). The van der Waals surface area contributed by atoms with Crippen LogP contribution in [0.2, 0.25) is 0 Å². The number of anilines is 2. The quantitative estimate of drug-likeness (QED) is 0.331. The van der Waals surface area contributed by atoms with E-state index in [-0.39, 0.29) is 29.1 Å². The Morgan fingerprint density at radius 3 is 2.62 bits per heavy atom. The van der Waals surface area contributed by atoms with E-state index in [9.17, 15) is 14.4 Å². The Bertz CT molecular complexity index is 1550. The van der Waals surface area contributed by atoms with Gasteiger partial charge in [0, 0.05) is 55.1 Å². The van der Waals surface area contributed by atoms with Gasteiger partial charge >= 0.3 is 5.97 Å². The number of rotatable bonds is 8. The zero-order chi connectivity index (χ0) is 27.5. The van der Waals surface area contributed by atoms with Gasteiger partial charge in [0.25, 0.3) is 5.91 Å². The average molecular weight is 528 g/mol. The molecule has 0 radical (unpaired) electrons. The molecule has 1 aliphatic heterocycles. The summed E-state index contributed by atoms with van der Waals surface area (Å²) in [4.78, 5) is 52.2. The maximum atomic E-state index is 12.9. The number of methoxy groups -OCH3 is 1. The van der Waals surface area contributed by atoms with Gasteiger partial charge in [0.2, 0.25) is 5.91 Å². The van der Waals surface area contributed by atoms with Crippen molar-refractivity contribution < 1.29 is 19.1 Å². The molecule has 4 heterocycles. The number of likely N-dealkylation sites (tertiary alicyclic amines) is 1. The van der Waals surface area contributed by atoms with Crippen LogP contribution in [0.15, 0.2) is 55.0 Å². The number of imidazole rings is 1. The topological polar surface area (TPSA) is 145 Å². The van der Waals surface area contributed by atoms with Crippen LogP contribution >= 0.6 is 0 Å². The molecule has 11 nitrogen and oxygen atoms in total. The first-order valence-electron chi connectivity index (χ1n) is 12.8. The van der Waals surface area contributed by atoms with E-state index in [2.05, 4.69) is 22.2 Å². The number of nitrogen functional groups attached to an aromatic ring is 1. The van der Waals surface area contributed by atoms with E-state index in [1.165, 1.54) is 25.4 Å². The summed E-state index contributed by atoms with van der Waals surface area (Å²) in [5.41, 5.74) is 9.09. The van der Waals surface area contributed by atoms with Crippen LogP contribution in [0.5, 0.6) is 0 Å². The molecule has 3 aromatic heterocycles. The van der Waals surface area contributed by atoms with Gasteiger partial charge in [-0.2, -0.15) is 0 Å². The lowest BCUT2D eigenvalue weighted by Crippen LogP contribution is -2.30. The maximum absolute atomic E-state index is 12.9. The van der Waals surface area contributed by atoms with Crippen molar-refractivity contribution in [1.29, 1.82) is 0 Å². The van der Waals surface area contributed by atoms with Crippen LogP contribution in [-0.4, -0.2) is 62.2 Å². The van der Waals surface area contributed by atoms with Crippen LogP contribution in [0.25, 0.3) is 16.8 Å². The molecule has 1 fully saturated rings. The van der Waals surface area contributed by atoms with E-state index in [1.807, 2.05) is 15.5 Å². The van der Waals surface area contributed by atoms with Gasteiger partial charge in [-0.15, -0.1) is 0 Å². The van der Waals surface area contributed by atoms with E-state index in [0.717, 1.165) is 30.8 Å². The number of aromatic nitrogens is 4. The van der Waals surface area contributed by atoms with Crippen molar-refractivity contribution in [1.82, 2.24) is 24.3 Å². The van der Waals surface area contributed by atoms with Crippen molar-refractivity contribution in [2.75, 3.05) is 31.2 Å². The second-order valence-electron chi connectivity index (χ2n) is 9.35. The highest BCUT2D eigenvalue weighted by atomic mass is 16.5. The molecule has 1 aliphatic rings. The lowest BCUT2D eigenvalue weighted by atomic mass is 10.1. The van der Waals surface area contributed by atoms with Crippen molar-refractivity contribution in [3.8, 4) is 11.3 Å². The van der Waals surface area contributed by atoms with Crippen LogP contribution in [0, 0.1) is 0 Å². The van der Waals surface area contributed by atoms with Crippen LogP contribution in [-0.2, 0) is 9.53 Å². The van der Waals surface area contributed by atoms with Gasteiger partial charge in [0.1, 0.15) is 28.7 Å². The number of nitrogens with zero attached hydrogens (tertiary/aromatic N) is 5. The minimum Gasteiger partial charge on any atom is -0.465 e. The third-order valence-corrected chi connectivity index (χ3v) is 6.92. The average Bonchev–Trinajstić information content (AvgIpc) is 3.55. The molecular weight excluding hydrogens is 498 g/mol. The SMILES string of the molecule is CCC(CN1CCCC1=O)c1nc(-c2ccc(C(=O)Nc3cc(C(=O)OC)ccn3)cc2)c2c(N)nccn12. The molecule has 0 saturated carbocycles. The third kappa shape index (κ3) is 5.15. The second kappa shape index (κ2) is 10.9. The highest BCUT2D eigenvalue weighted by molar-refractivity contribution is 6.04. The number of carbonyl (C=O) groups is 3. The van der Waals surface area contributed by atoms with E-state index in [0.29, 0.717) is 35.6 Å². The number of hydrogen-bond donors (Lipinski definition) is 2. The number of pyridine rings is 1. The molecule has 1 saturated heterocycles. The lowest BCUT2D eigenvalue weighted by molar-refractivity contribution is -0.127. The Balaban J connectivity index is 1.42. The summed E-state index contributed by atoms with van der Waals surface area (Å²) in [6, 6.07) is 9.94. The van der Waals surface area contributed by atoms with Crippen molar-refractivity contribution in [3.05, 3.63) is 71.9 Å². The highest BCUT2D eigenvalue weighted by Crippen LogP contribution is 2.32. The first kappa shape index (κ1) is 25.8. The van der Waals surface area contributed by atoms with Crippen LogP contribution in [0.1, 0.15) is 58.6 Å². The van der Waals surface area contributed by atoms with Crippen molar-refractivity contribution in [3.63, 3.8) is 0 Å². The number of esters is 1. The van der Waals surface area contributed by atoms with Crippen LogP contribution in [0.3, 0.4) is 0 Å². The monoisotopic (exact) mass is 527 g/mol. The third-order valence-electron chi connectivity index (χ3n) is 6.92. The number of benzene rings is 1. The van der Waals surface area contributed by atoms with Gasteiger partial charge in [-0.25, -0.2) is 19.7 Å². The number of hydrogen-bond acceptors (Lipinski definition) is 8. The second-order valence-corrected chi connectivity index (χ2v) is 9.35. The summed E-state index contributed by atoms with van der Waals surface area (Å²) in [5, 5.41) is 2.70. The molecule has 3 N–H and O–H groups in total. The van der Waals surface area contributed by atoms with Crippen molar-refractivity contribution in [2.24, 2.45) is 0 Å². The molecule has 0 bridgehead atoms. The Morgan fingerprint density at radius 2 is 1.92 bits per heavy atom. The Hall–Kier alpha value is -4.80. The lowest BCUT2D eigenvalue weighted by Gasteiger charge is -2.22.